The summed E-state index contributed by atoms with van der Waals surface area (Å²) in [5, 5.41) is 23.6. The lowest BCUT2D eigenvalue weighted by Gasteiger charge is -2.24. The average molecular weight is 778 g/mol. The van der Waals surface area contributed by atoms with Crippen LogP contribution in [0.5, 0.6) is 0 Å². The van der Waals surface area contributed by atoms with Gasteiger partial charge in [0.25, 0.3) is 0 Å². The highest BCUT2D eigenvalue weighted by Crippen LogP contribution is 2.15. The Balaban J connectivity index is 4.77. The molecule has 0 aromatic carbocycles. The molecule has 0 bridgehead atoms. The third-order valence-corrected chi connectivity index (χ3v) is 9.54. The summed E-state index contributed by atoms with van der Waals surface area (Å²) in [5.74, 6) is -0.645. The Hall–Kier alpha value is -3.22. The summed E-state index contributed by atoms with van der Waals surface area (Å²) in [6.07, 6.45) is 56.3. The van der Waals surface area contributed by atoms with Crippen molar-refractivity contribution in [2.75, 3.05) is 6.61 Å². The number of hydrogen-bond donors (Lipinski definition) is 3. The molecule has 0 fully saturated rings. The fraction of sp³-hybridized carbons (Fsp3) is 0.640. The minimum Gasteiger partial charge on any atom is -0.461 e. The van der Waals surface area contributed by atoms with Crippen LogP contribution in [0.2, 0.25) is 0 Å². The summed E-state index contributed by atoms with van der Waals surface area (Å²) in [6, 6.07) is -0.748. The number of ether oxygens (including phenoxy) is 1. The second-order valence-corrected chi connectivity index (χ2v) is 14.8. The standard InChI is InChI=1S/C50H83NO5/c1-4-7-10-13-16-19-22-24-25-28-31-34-37-40-43-50(55)56-46(41-38-35-32-29-26-21-18-15-12-9-6-3)44-49(54)51-47(45-52)48(53)42-39-36-33-30-27-23-20-17-14-11-8-5-2/h7,9-10,12,15-16,18-19,21,24-26,29,32,35,38,46-48,52-53H,4-6,8,11,13-14,17,20,22-23,27-28,30-31,33-34,36-37,39-45H2,1-3H3,(H,51,54)/b10-7+,12-9+,18-15+,19-16+,25-24+,26-21-,32-29-,38-35+. The minimum absolute atomic E-state index is 0.0332. The third-order valence-electron chi connectivity index (χ3n) is 9.54. The van der Waals surface area contributed by atoms with E-state index >= 15 is 0 Å². The predicted octanol–water partition coefficient (Wildman–Crippen LogP) is 13.0. The van der Waals surface area contributed by atoms with Crippen LogP contribution in [0.1, 0.15) is 181 Å². The lowest BCUT2D eigenvalue weighted by atomic mass is 10.0. The number of aliphatic hydroxyl groups excluding tert-OH is 2. The van der Waals surface area contributed by atoms with Gasteiger partial charge in [-0.1, -0.05) is 208 Å². The van der Waals surface area contributed by atoms with E-state index < -0.39 is 18.2 Å². The molecule has 0 saturated heterocycles. The number of carbonyl (C=O) groups excluding carboxylic acids is 2. The second-order valence-electron chi connectivity index (χ2n) is 14.8. The van der Waals surface area contributed by atoms with Gasteiger partial charge < -0.3 is 20.3 Å². The maximum Gasteiger partial charge on any atom is 0.306 e. The van der Waals surface area contributed by atoms with Crippen molar-refractivity contribution in [3.8, 4) is 0 Å². The van der Waals surface area contributed by atoms with Crippen molar-refractivity contribution < 1.29 is 24.5 Å². The van der Waals surface area contributed by atoms with Crippen LogP contribution in [0.15, 0.2) is 97.2 Å². The Morgan fingerprint density at radius 1 is 0.571 bits per heavy atom. The first-order valence-corrected chi connectivity index (χ1v) is 22.5. The lowest BCUT2D eigenvalue weighted by Crippen LogP contribution is -2.46. The number of unbranched alkanes of at least 4 members (excludes halogenated alkanes) is 15. The van der Waals surface area contributed by atoms with Gasteiger partial charge in [0.1, 0.15) is 6.10 Å². The zero-order valence-electron chi connectivity index (χ0n) is 36.0. The van der Waals surface area contributed by atoms with Crippen LogP contribution >= 0.6 is 0 Å². The van der Waals surface area contributed by atoms with E-state index in [-0.39, 0.29) is 24.9 Å². The first-order valence-electron chi connectivity index (χ1n) is 22.5. The predicted molar refractivity (Wildman–Crippen MR) is 240 cm³/mol. The van der Waals surface area contributed by atoms with Gasteiger partial charge in [-0.3, -0.25) is 9.59 Å². The van der Waals surface area contributed by atoms with Gasteiger partial charge in [0, 0.05) is 12.8 Å². The molecule has 3 atom stereocenters. The summed E-state index contributed by atoms with van der Waals surface area (Å²) in [6.45, 7) is 6.15. The van der Waals surface area contributed by atoms with E-state index in [1.165, 1.54) is 57.8 Å². The zero-order valence-corrected chi connectivity index (χ0v) is 36.0. The SMILES string of the molecule is CC/C=C/C=C/C=C\C=C/C=C/CC(CC(=O)NC(CO)C(O)CCCCCCCCCCCCCC)OC(=O)CCCCCC/C=C/C/C=C/C/C=C/CC. The maximum absolute atomic E-state index is 13.1. The van der Waals surface area contributed by atoms with Gasteiger partial charge in [0.05, 0.1) is 25.2 Å². The zero-order chi connectivity index (χ0) is 41.0. The highest BCUT2D eigenvalue weighted by atomic mass is 16.5. The monoisotopic (exact) mass is 778 g/mol. The molecule has 0 aromatic rings. The lowest BCUT2D eigenvalue weighted by molar-refractivity contribution is -0.150. The first kappa shape index (κ1) is 52.8. The molecule has 0 aliphatic heterocycles. The van der Waals surface area contributed by atoms with Crippen molar-refractivity contribution >= 4 is 11.9 Å². The smallest absolute Gasteiger partial charge is 0.306 e. The van der Waals surface area contributed by atoms with Crippen molar-refractivity contribution in [3.05, 3.63) is 97.2 Å². The largest absolute Gasteiger partial charge is 0.461 e. The van der Waals surface area contributed by atoms with E-state index in [1.54, 1.807) is 0 Å². The van der Waals surface area contributed by atoms with E-state index in [0.29, 0.717) is 19.3 Å². The topological polar surface area (TPSA) is 95.9 Å². The van der Waals surface area contributed by atoms with Gasteiger partial charge in [-0.15, -0.1) is 0 Å². The molecule has 3 N–H and O–H groups in total. The van der Waals surface area contributed by atoms with Crippen molar-refractivity contribution in [2.24, 2.45) is 0 Å². The molecule has 0 rings (SSSR count). The Labute approximate surface area is 344 Å². The van der Waals surface area contributed by atoms with Crippen molar-refractivity contribution in [2.45, 2.75) is 200 Å². The van der Waals surface area contributed by atoms with E-state index in [0.717, 1.165) is 77.0 Å². The molecule has 0 aliphatic carbocycles. The van der Waals surface area contributed by atoms with Gasteiger partial charge in [-0.05, 0) is 51.4 Å². The van der Waals surface area contributed by atoms with Gasteiger partial charge in [0.2, 0.25) is 5.91 Å². The normalized spacial score (nSPS) is 14.3. The Morgan fingerprint density at radius 3 is 1.66 bits per heavy atom. The number of esters is 1. The van der Waals surface area contributed by atoms with E-state index in [2.05, 4.69) is 68.6 Å². The van der Waals surface area contributed by atoms with Crippen LogP contribution in [0.3, 0.4) is 0 Å². The molecule has 6 heteroatoms. The third kappa shape index (κ3) is 37.7. The summed E-state index contributed by atoms with van der Waals surface area (Å²) in [7, 11) is 0. The summed E-state index contributed by atoms with van der Waals surface area (Å²) in [5.41, 5.74) is 0. The molecular formula is C50H83NO5. The van der Waals surface area contributed by atoms with Crippen LogP contribution < -0.4 is 5.32 Å². The highest BCUT2D eigenvalue weighted by molar-refractivity contribution is 5.77. The Bertz CT molecular complexity index is 1140. The number of rotatable bonds is 38. The molecule has 0 radical (unpaired) electrons. The molecule has 0 spiro atoms. The van der Waals surface area contributed by atoms with Gasteiger partial charge >= 0.3 is 5.97 Å². The van der Waals surface area contributed by atoms with Crippen LogP contribution in [-0.2, 0) is 14.3 Å². The molecule has 0 aromatic heterocycles. The van der Waals surface area contributed by atoms with E-state index in [9.17, 15) is 19.8 Å². The number of aliphatic hydroxyl groups is 2. The van der Waals surface area contributed by atoms with Crippen LogP contribution in [0.25, 0.3) is 0 Å². The molecule has 56 heavy (non-hydrogen) atoms. The van der Waals surface area contributed by atoms with Gasteiger partial charge in [-0.2, -0.15) is 0 Å². The molecule has 0 aliphatic rings. The molecule has 0 heterocycles. The van der Waals surface area contributed by atoms with Crippen LogP contribution in [0.4, 0.5) is 0 Å². The average Bonchev–Trinajstić information content (AvgIpc) is 3.19. The minimum atomic E-state index is -0.825. The Kier molecular flexibility index (Phi) is 40.4. The summed E-state index contributed by atoms with van der Waals surface area (Å²) >= 11 is 0. The first-order chi connectivity index (χ1) is 27.5. The van der Waals surface area contributed by atoms with Crippen molar-refractivity contribution in [3.63, 3.8) is 0 Å². The van der Waals surface area contributed by atoms with Crippen LogP contribution in [0, 0.1) is 0 Å². The van der Waals surface area contributed by atoms with Crippen molar-refractivity contribution in [1.82, 2.24) is 5.32 Å². The van der Waals surface area contributed by atoms with E-state index in [1.807, 2.05) is 54.7 Å². The fourth-order valence-corrected chi connectivity index (χ4v) is 6.17. The van der Waals surface area contributed by atoms with Crippen molar-refractivity contribution in [1.29, 1.82) is 0 Å². The summed E-state index contributed by atoms with van der Waals surface area (Å²) in [4.78, 5) is 25.9. The van der Waals surface area contributed by atoms with Crippen LogP contribution in [-0.4, -0.2) is 46.9 Å². The number of hydrogen-bond acceptors (Lipinski definition) is 5. The second kappa shape index (κ2) is 42.9. The molecule has 318 valence electrons. The maximum atomic E-state index is 13.1. The van der Waals surface area contributed by atoms with Gasteiger partial charge in [0.15, 0.2) is 0 Å². The van der Waals surface area contributed by atoms with E-state index in [4.69, 9.17) is 4.74 Å². The highest BCUT2D eigenvalue weighted by Gasteiger charge is 2.23. The molecule has 3 unspecified atom stereocenters. The fourth-order valence-electron chi connectivity index (χ4n) is 6.17. The number of nitrogens with one attached hydrogen (secondary N) is 1. The quantitative estimate of drug-likeness (QED) is 0.0251. The number of amides is 1. The number of allylic oxidation sites excluding steroid dienone is 15. The molecule has 6 nitrogen and oxygen atoms in total. The van der Waals surface area contributed by atoms with Gasteiger partial charge in [-0.25, -0.2) is 0 Å². The Morgan fingerprint density at radius 2 is 1.07 bits per heavy atom. The number of carbonyl (C=O) groups is 2. The molecular weight excluding hydrogens is 695 g/mol. The summed E-state index contributed by atoms with van der Waals surface area (Å²) < 4.78 is 5.80. The molecule has 1 amide bonds. The molecule has 0 saturated carbocycles.